The molecule has 0 saturated carbocycles. The fourth-order valence-electron chi connectivity index (χ4n) is 3.46. The van der Waals surface area contributed by atoms with Crippen molar-refractivity contribution in [1.29, 1.82) is 0 Å². The molecule has 0 radical (unpaired) electrons. The predicted octanol–water partition coefficient (Wildman–Crippen LogP) is 4.07. The van der Waals surface area contributed by atoms with Crippen LogP contribution in [0.15, 0.2) is 53.3 Å². The molecule has 1 heterocycles. The highest BCUT2D eigenvalue weighted by atomic mass is 16.5. The monoisotopic (exact) mass is 378 g/mol. The predicted molar refractivity (Wildman–Crippen MR) is 113 cm³/mol. The van der Waals surface area contributed by atoms with Crippen LogP contribution < -0.4 is 15.2 Å². The van der Waals surface area contributed by atoms with E-state index in [2.05, 4.69) is 0 Å². The Morgan fingerprint density at radius 3 is 2.54 bits per heavy atom. The number of amides is 1. The SMILES string of the molecule is CCN(C(=O)COc1cc(=O)n(CC)c2ccccc12)c1cc(C)ccc1C. The van der Waals surface area contributed by atoms with Gasteiger partial charge in [0.05, 0.1) is 5.52 Å². The smallest absolute Gasteiger partial charge is 0.264 e. The number of fused-ring (bicyclic) bond motifs is 1. The Morgan fingerprint density at radius 1 is 1.07 bits per heavy atom. The number of hydrogen-bond acceptors (Lipinski definition) is 3. The van der Waals surface area contributed by atoms with Crippen LogP contribution in [0.25, 0.3) is 10.9 Å². The Labute approximate surface area is 165 Å². The molecule has 0 aliphatic carbocycles. The molecule has 0 aliphatic heterocycles. The van der Waals surface area contributed by atoms with Crippen LogP contribution in [0.2, 0.25) is 0 Å². The zero-order valence-corrected chi connectivity index (χ0v) is 16.9. The van der Waals surface area contributed by atoms with Gasteiger partial charge in [-0.05, 0) is 57.0 Å². The lowest BCUT2D eigenvalue weighted by molar-refractivity contribution is -0.120. The van der Waals surface area contributed by atoms with E-state index >= 15 is 0 Å². The van der Waals surface area contributed by atoms with E-state index in [1.165, 1.54) is 6.07 Å². The zero-order chi connectivity index (χ0) is 20.3. The minimum Gasteiger partial charge on any atom is -0.483 e. The molecule has 0 atom stereocenters. The third-order valence-electron chi connectivity index (χ3n) is 4.92. The second kappa shape index (κ2) is 8.30. The van der Waals surface area contributed by atoms with Gasteiger partial charge in [-0.1, -0.05) is 24.3 Å². The molecule has 0 unspecified atom stereocenters. The van der Waals surface area contributed by atoms with Crippen molar-refractivity contribution in [3.05, 3.63) is 70.0 Å². The Morgan fingerprint density at radius 2 is 1.82 bits per heavy atom. The molecule has 0 spiro atoms. The normalized spacial score (nSPS) is 10.9. The number of aryl methyl sites for hydroxylation is 3. The van der Waals surface area contributed by atoms with Gasteiger partial charge in [-0.25, -0.2) is 0 Å². The van der Waals surface area contributed by atoms with Crippen LogP contribution in [0, 0.1) is 13.8 Å². The standard InChI is InChI=1S/C23H26N2O3/c1-5-24-19-10-8-7-9-18(19)21(14-22(24)26)28-15-23(27)25(6-2)20-13-16(3)11-12-17(20)4/h7-14H,5-6,15H2,1-4H3. The maximum atomic E-state index is 12.9. The lowest BCUT2D eigenvalue weighted by atomic mass is 10.1. The van der Waals surface area contributed by atoms with Crippen molar-refractivity contribution >= 4 is 22.5 Å². The summed E-state index contributed by atoms with van der Waals surface area (Å²) in [5.41, 5.74) is 3.70. The zero-order valence-electron chi connectivity index (χ0n) is 16.9. The molecule has 146 valence electrons. The third-order valence-corrected chi connectivity index (χ3v) is 4.92. The summed E-state index contributed by atoms with van der Waals surface area (Å²) in [6.45, 7) is 8.87. The van der Waals surface area contributed by atoms with Gasteiger partial charge in [-0.3, -0.25) is 9.59 Å². The fourth-order valence-corrected chi connectivity index (χ4v) is 3.46. The number of rotatable bonds is 6. The van der Waals surface area contributed by atoms with Crippen LogP contribution in [0.3, 0.4) is 0 Å². The maximum Gasteiger partial charge on any atom is 0.264 e. The molecule has 0 aliphatic rings. The van der Waals surface area contributed by atoms with Crippen LogP contribution in [0.1, 0.15) is 25.0 Å². The summed E-state index contributed by atoms with van der Waals surface area (Å²) in [7, 11) is 0. The van der Waals surface area contributed by atoms with Gasteiger partial charge >= 0.3 is 0 Å². The summed E-state index contributed by atoms with van der Waals surface area (Å²) >= 11 is 0. The maximum absolute atomic E-state index is 12.9. The summed E-state index contributed by atoms with van der Waals surface area (Å²) in [4.78, 5) is 27.0. The molecule has 3 rings (SSSR count). The molecule has 0 bridgehead atoms. The minimum atomic E-state index is -0.139. The van der Waals surface area contributed by atoms with Crippen LogP contribution in [0.4, 0.5) is 5.69 Å². The molecule has 3 aromatic rings. The number of likely N-dealkylation sites (N-methyl/N-ethyl adjacent to an activating group) is 1. The van der Waals surface area contributed by atoms with Crippen molar-refractivity contribution < 1.29 is 9.53 Å². The molecular weight excluding hydrogens is 352 g/mol. The number of anilines is 1. The van der Waals surface area contributed by atoms with Crippen molar-refractivity contribution in [1.82, 2.24) is 4.57 Å². The number of carbonyl (C=O) groups excluding carboxylic acids is 1. The third kappa shape index (κ3) is 3.79. The largest absolute Gasteiger partial charge is 0.483 e. The highest BCUT2D eigenvalue weighted by Crippen LogP contribution is 2.25. The first-order valence-corrected chi connectivity index (χ1v) is 9.59. The number of pyridine rings is 1. The summed E-state index contributed by atoms with van der Waals surface area (Å²) in [6.07, 6.45) is 0. The molecule has 2 aromatic carbocycles. The van der Waals surface area contributed by atoms with Gasteiger partial charge in [-0.15, -0.1) is 0 Å². The molecule has 5 heteroatoms. The number of aromatic nitrogens is 1. The van der Waals surface area contributed by atoms with Crippen molar-refractivity contribution in [3.8, 4) is 5.75 Å². The highest BCUT2D eigenvalue weighted by molar-refractivity contribution is 5.95. The summed E-state index contributed by atoms with van der Waals surface area (Å²) in [5.74, 6) is 0.301. The average molecular weight is 378 g/mol. The van der Waals surface area contributed by atoms with Crippen molar-refractivity contribution in [3.63, 3.8) is 0 Å². The first-order chi connectivity index (χ1) is 13.5. The van der Waals surface area contributed by atoms with E-state index in [0.717, 1.165) is 27.7 Å². The number of carbonyl (C=O) groups is 1. The second-order valence-corrected chi connectivity index (χ2v) is 6.82. The topological polar surface area (TPSA) is 51.5 Å². The van der Waals surface area contributed by atoms with Crippen LogP contribution in [-0.4, -0.2) is 23.6 Å². The van der Waals surface area contributed by atoms with E-state index < -0.39 is 0 Å². The quantitative estimate of drug-likeness (QED) is 0.650. The molecule has 0 fully saturated rings. The summed E-state index contributed by atoms with van der Waals surface area (Å²) < 4.78 is 7.52. The van der Waals surface area contributed by atoms with E-state index in [1.807, 2.05) is 70.2 Å². The highest BCUT2D eigenvalue weighted by Gasteiger charge is 2.18. The number of para-hydroxylation sites is 1. The van der Waals surface area contributed by atoms with Gasteiger partial charge < -0.3 is 14.2 Å². The number of nitrogens with zero attached hydrogens (tertiary/aromatic N) is 2. The lowest BCUT2D eigenvalue weighted by Gasteiger charge is -2.24. The first-order valence-electron chi connectivity index (χ1n) is 9.59. The van der Waals surface area contributed by atoms with Gasteiger partial charge in [0.2, 0.25) is 0 Å². The van der Waals surface area contributed by atoms with Crippen molar-refractivity contribution in [2.45, 2.75) is 34.2 Å². The molecule has 0 saturated heterocycles. The molecule has 0 N–H and O–H groups in total. The van der Waals surface area contributed by atoms with E-state index in [1.54, 1.807) is 9.47 Å². The average Bonchev–Trinajstić information content (AvgIpc) is 2.69. The Hall–Kier alpha value is -3.08. The fraction of sp³-hybridized carbons (Fsp3) is 0.304. The van der Waals surface area contributed by atoms with E-state index in [-0.39, 0.29) is 18.1 Å². The molecular formula is C23H26N2O3. The summed E-state index contributed by atoms with van der Waals surface area (Å²) in [6, 6.07) is 15.1. The Bertz CT molecular complexity index is 1070. The lowest BCUT2D eigenvalue weighted by Crippen LogP contribution is -2.35. The van der Waals surface area contributed by atoms with Gasteiger partial charge in [-0.2, -0.15) is 0 Å². The molecule has 28 heavy (non-hydrogen) atoms. The van der Waals surface area contributed by atoms with Gasteiger partial charge in [0.15, 0.2) is 6.61 Å². The molecule has 1 amide bonds. The van der Waals surface area contributed by atoms with Crippen LogP contribution in [-0.2, 0) is 11.3 Å². The first kappa shape index (κ1) is 19.7. The van der Waals surface area contributed by atoms with Gasteiger partial charge in [0.1, 0.15) is 5.75 Å². The Balaban J connectivity index is 1.88. The van der Waals surface area contributed by atoms with E-state index in [0.29, 0.717) is 18.8 Å². The van der Waals surface area contributed by atoms with Crippen LogP contribution >= 0.6 is 0 Å². The van der Waals surface area contributed by atoms with Gasteiger partial charge in [0.25, 0.3) is 11.5 Å². The second-order valence-electron chi connectivity index (χ2n) is 6.82. The van der Waals surface area contributed by atoms with Crippen molar-refractivity contribution in [2.24, 2.45) is 0 Å². The minimum absolute atomic E-state index is 0.124. The van der Waals surface area contributed by atoms with E-state index in [4.69, 9.17) is 4.74 Å². The molecule has 1 aromatic heterocycles. The Kier molecular flexibility index (Phi) is 5.83. The number of hydrogen-bond donors (Lipinski definition) is 0. The number of ether oxygens (including phenoxy) is 1. The summed E-state index contributed by atoms with van der Waals surface area (Å²) in [5, 5.41) is 0.825. The van der Waals surface area contributed by atoms with Crippen molar-refractivity contribution in [2.75, 3.05) is 18.1 Å². The number of benzene rings is 2. The van der Waals surface area contributed by atoms with Gasteiger partial charge in [0, 0.05) is 30.2 Å². The molecule has 5 nitrogen and oxygen atoms in total. The van der Waals surface area contributed by atoms with Crippen LogP contribution in [0.5, 0.6) is 5.75 Å². The van der Waals surface area contributed by atoms with E-state index in [9.17, 15) is 9.59 Å².